The Morgan fingerprint density at radius 1 is 1.30 bits per heavy atom. The van der Waals surface area contributed by atoms with Crippen LogP contribution < -0.4 is 5.32 Å². The van der Waals surface area contributed by atoms with E-state index < -0.39 is 5.60 Å². The fourth-order valence-electron chi connectivity index (χ4n) is 2.57. The normalized spacial score (nSPS) is 14.2. The Morgan fingerprint density at radius 2 is 2.00 bits per heavy atom. The highest BCUT2D eigenvalue weighted by Gasteiger charge is 2.20. The second kappa shape index (κ2) is 7.70. The van der Waals surface area contributed by atoms with E-state index in [1.807, 2.05) is 37.0 Å². The molecule has 0 aliphatic heterocycles. The summed E-state index contributed by atoms with van der Waals surface area (Å²) in [5.74, 6) is 0.609. The first kappa shape index (κ1) is 17.6. The van der Waals surface area contributed by atoms with Crippen LogP contribution in [0.25, 0.3) is 11.3 Å². The maximum atomic E-state index is 10.4. The molecule has 0 bridgehead atoms. The Labute approximate surface area is 138 Å². The molecule has 0 spiro atoms. The van der Waals surface area contributed by atoms with Gasteiger partial charge in [-0.1, -0.05) is 13.8 Å². The number of rotatable bonds is 8. The van der Waals surface area contributed by atoms with Crippen LogP contribution in [0.5, 0.6) is 0 Å². The van der Waals surface area contributed by atoms with Crippen molar-refractivity contribution in [3.8, 4) is 11.3 Å². The van der Waals surface area contributed by atoms with Gasteiger partial charge < -0.3 is 10.4 Å². The zero-order valence-corrected chi connectivity index (χ0v) is 14.6. The summed E-state index contributed by atoms with van der Waals surface area (Å²) >= 11 is 0. The molecule has 2 aromatic rings. The predicted molar refractivity (Wildman–Crippen MR) is 92.8 cm³/mol. The van der Waals surface area contributed by atoms with Crippen molar-refractivity contribution in [1.29, 1.82) is 0 Å². The van der Waals surface area contributed by atoms with E-state index in [-0.39, 0.29) is 0 Å². The molecule has 0 aliphatic rings. The summed E-state index contributed by atoms with van der Waals surface area (Å²) < 4.78 is 1.82. The molecule has 1 atom stereocenters. The summed E-state index contributed by atoms with van der Waals surface area (Å²) in [4.78, 5) is 4.05. The van der Waals surface area contributed by atoms with Crippen molar-refractivity contribution in [3.05, 3.63) is 36.3 Å². The van der Waals surface area contributed by atoms with Gasteiger partial charge in [0.2, 0.25) is 0 Å². The molecule has 2 heterocycles. The van der Waals surface area contributed by atoms with Crippen LogP contribution in [0.4, 0.5) is 0 Å². The molecule has 0 aliphatic carbocycles. The first-order chi connectivity index (χ1) is 10.9. The van der Waals surface area contributed by atoms with Crippen molar-refractivity contribution in [3.63, 3.8) is 0 Å². The Balaban J connectivity index is 1.96. The molecule has 23 heavy (non-hydrogen) atoms. The molecule has 0 aromatic carbocycles. The van der Waals surface area contributed by atoms with Crippen molar-refractivity contribution in [2.75, 3.05) is 6.54 Å². The fraction of sp³-hybridized carbons (Fsp3) is 0.556. The predicted octanol–water partition coefficient (Wildman–Crippen LogP) is 2.76. The van der Waals surface area contributed by atoms with Gasteiger partial charge >= 0.3 is 0 Å². The third kappa shape index (κ3) is 5.44. The number of aliphatic hydroxyl groups is 1. The van der Waals surface area contributed by atoms with E-state index in [4.69, 9.17) is 0 Å². The minimum atomic E-state index is -0.677. The van der Waals surface area contributed by atoms with Crippen LogP contribution in [-0.2, 0) is 13.6 Å². The van der Waals surface area contributed by atoms with Gasteiger partial charge in [-0.25, -0.2) is 0 Å². The molecule has 0 radical (unpaired) electrons. The largest absolute Gasteiger partial charge is 0.389 e. The van der Waals surface area contributed by atoms with Crippen LogP contribution >= 0.6 is 0 Å². The Kier molecular flexibility index (Phi) is 5.91. The van der Waals surface area contributed by atoms with Crippen LogP contribution in [0.3, 0.4) is 0 Å². The SMILES string of the molecule is CC(C)CCC(C)(O)CNCc1cn(C)nc1-c1ccncc1. The Morgan fingerprint density at radius 3 is 2.65 bits per heavy atom. The summed E-state index contributed by atoms with van der Waals surface area (Å²) in [5, 5.41) is 18.4. The third-order valence-electron chi connectivity index (χ3n) is 3.94. The van der Waals surface area contributed by atoms with Gasteiger partial charge in [0.05, 0.1) is 11.3 Å². The lowest BCUT2D eigenvalue weighted by Gasteiger charge is -2.24. The van der Waals surface area contributed by atoms with E-state index in [0.29, 0.717) is 19.0 Å². The average molecular weight is 316 g/mol. The second-order valence-electron chi connectivity index (χ2n) is 6.95. The fourth-order valence-corrected chi connectivity index (χ4v) is 2.57. The van der Waals surface area contributed by atoms with Gasteiger partial charge in [0.1, 0.15) is 0 Å². The lowest BCUT2D eigenvalue weighted by molar-refractivity contribution is 0.0451. The molecule has 1 unspecified atom stereocenters. The van der Waals surface area contributed by atoms with E-state index in [1.54, 1.807) is 12.4 Å². The van der Waals surface area contributed by atoms with E-state index in [9.17, 15) is 5.11 Å². The monoisotopic (exact) mass is 316 g/mol. The van der Waals surface area contributed by atoms with Crippen LogP contribution in [0, 0.1) is 5.92 Å². The first-order valence-corrected chi connectivity index (χ1v) is 8.23. The standard InChI is InChI=1S/C18H28N4O/c1-14(2)5-8-18(3,23)13-20-11-16-12-22(4)21-17(16)15-6-9-19-10-7-15/h6-7,9-10,12,14,20,23H,5,8,11,13H2,1-4H3. The highest BCUT2D eigenvalue weighted by atomic mass is 16.3. The minimum absolute atomic E-state index is 0.574. The number of aromatic nitrogens is 3. The van der Waals surface area contributed by atoms with Gasteiger partial charge in [-0.3, -0.25) is 9.67 Å². The topological polar surface area (TPSA) is 63.0 Å². The van der Waals surface area contributed by atoms with Crippen LogP contribution in [-0.4, -0.2) is 32.0 Å². The van der Waals surface area contributed by atoms with E-state index in [2.05, 4.69) is 29.2 Å². The zero-order valence-electron chi connectivity index (χ0n) is 14.6. The molecule has 2 N–H and O–H groups in total. The third-order valence-corrected chi connectivity index (χ3v) is 3.94. The molecule has 2 aromatic heterocycles. The number of hydrogen-bond donors (Lipinski definition) is 2. The molecular weight excluding hydrogens is 288 g/mol. The highest BCUT2D eigenvalue weighted by Crippen LogP contribution is 2.21. The summed E-state index contributed by atoms with van der Waals surface area (Å²) in [6.07, 6.45) is 7.41. The van der Waals surface area contributed by atoms with Gasteiger partial charge in [-0.15, -0.1) is 0 Å². The maximum Gasteiger partial charge on any atom is 0.0969 e. The van der Waals surface area contributed by atoms with Crippen LogP contribution in [0.2, 0.25) is 0 Å². The first-order valence-electron chi connectivity index (χ1n) is 8.23. The molecule has 0 fully saturated rings. The van der Waals surface area contributed by atoms with Crippen LogP contribution in [0.1, 0.15) is 39.2 Å². The smallest absolute Gasteiger partial charge is 0.0969 e. The van der Waals surface area contributed by atoms with E-state index in [0.717, 1.165) is 29.7 Å². The zero-order chi connectivity index (χ0) is 16.9. The quantitative estimate of drug-likeness (QED) is 0.786. The van der Waals surface area contributed by atoms with Crippen molar-refractivity contribution in [2.45, 2.75) is 45.8 Å². The summed E-state index contributed by atoms with van der Waals surface area (Å²) in [6.45, 7) is 7.52. The lowest BCUT2D eigenvalue weighted by atomic mass is 9.95. The van der Waals surface area contributed by atoms with Gasteiger partial charge in [0.25, 0.3) is 0 Å². The van der Waals surface area contributed by atoms with Crippen molar-refractivity contribution >= 4 is 0 Å². The molecule has 0 amide bonds. The summed E-state index contributed by atoms with van der Waals surface area (Å²) in [7, 11) is 1.92. The van der Waals surface area contributed by atoms with E-state index >= 15 is 0 Å². The minimum Gasteiger partial charge on any atom is -0.389 e. The van der Waals surface area contributed by atoms with Gasteiger partial charge in [-0.05, 0) is 37.8 Å². The maximum absolute atomic E-state index is 10.4. The van der Waals surface area contributed by atoms with Crippen molar-refractivity contribution < 1.29 is 5.11 Å². The summed E-state index contributed by atoms with van der Waals surface area (Å²) in [6, 6.07) is 3.93. The van der Waals surface area contributed by atoms with Gasteiger partial charge in [-0.2, -0.15) is 5.10 Å². The molecule has 126 valence electrons. The molecule has 2 rings (SSSR count). The van der Waals surface area contributed by atoms with Crippen molar-refractivity contribution in [1.82, 2.24) is 20.1 Å². The summed E-state index contributed by atoms with van der Waals surface area (Å²) in [5.41, 5.74) is 2.47. The Hall–Kier alpha value is -1.72. The number of nitrogens with one attached hydrogen (secondary N) is 1. The number of pyridine rings is 1. The second-order valence-corrected chi connectivity index (χ2v) is 6.95. The molecule has 0 saturated carbocycles. The Bertz CT molecular complexity index is 605. The van der Waals surface area contributed by atoms with Gasteiger partial charge in [0.15, 0.2) is 0 Å². The molecular formula is C18H28N4O. The average Bonchev–Trinajstić information content (AvgIpc) is 2.87. The number of nitrogens with zero attached hydrogens (tertiary/aromatic N) is 3. The number of hydrogen-bond acceptors (Lipinski definition) is 4. The molecule has 5 nitrogen and oxygen atoms in total. The van der Waals surface area contributed by atoms with Gasteiger partial charge in [0, 0.05) is 49.9 Å². The van der Waals surface area contributed by atoms with Crippen LogP contribution in [0.15, 0.2) is 30.7 Å². The lowest BCUT2D eigenvalue weighted by Crippen LogP contribution is -2.37. The highest BCUT2D eigenvalue weighted by molar-refractivity contribution is 5.61. The number of aryl methyl sites for hydroxylation is 1. The molecule has 0 saturated heterocycles. The molecule has 5 heteroatoms. The van der Waals surface area contributed by atoms with E-state index in [1.165, 1.54) is 0 Å². The van der Waals surface area contributed by atoms with Crippen molar-refractivity contribution in [2.24, 2.45) is 13.0 Å².